The Hall–Kier alpha value is -1.75. The first-order chi connectivity index (χ1) is 7.69. The summed E-state index contributed by atoms with van der Waals surface area (Å²) >= 11 is 0. The van der Waals surface area contributed by atoms with Gasteiger partial charge in [0.05, 0.1) is 19.4 Å². The standard InChI is InChI=1S/C11H16N2O3/c1-4-16-10-8-6-5-7-9(10)12-11(14)13(2)15-3/h5-8H,4H2,1-3H3,(H,12,14). The third-order valence-corrected chi connectivity index (χ3v) is 1.99. The summed E-state index contributed by atoms with van der Waals surface area (Å²) in [7, 11) is 2.95. The van der Waals surface area contributed by atoms with E-state index in [-0.39, 0.29) is 6.03 Å². The van der Waals surface area contributed by atoms with Crippen LogP contribution in [0.2, 0.25) is 0 Å². The molecule has 0 saturated carbocycles. The maximum absolute atomic E-state index is 11.5. The molecule has 5 nitrogen and oxygen atoms in total. The Balaban J connectivity index is 2.76. The molecule has 0 spiro atoms. The number of benzene rings is 1. The average molecular weight is 224 g/mol. The van der Waals surface area contributed by atoms with Gasteiger partial charge in [-0.15, -0.1) is 0 Å². The lowest BCUT2D eigenvalue weighted by Crippen LogP contribution is -2.30. The highest BCUT2D eigenvalue weighted by atomic mass is 16.7. The zero-order chi connectivity index (χ0) is 12.0. The summed E-state index contributed by atoms with van der Waals surface area (Å²) in [5.41, 5.74) is 0.623. The molecular weight excluding hydrogens is 208 g/mol. The first kappa shape index (κ1) is 12.3. The van der Waals surface area contributed by atoms with E-state index in [9.17, 15) is 4.79 Å². The number of hydroxylamine groups is 2. The molecule has 0 aromatic heterocycles. The molecule has 0 aliphatic rings. The molecule has 0 radical (unpaired) electrons. The fraction of sp³-hybridized carbons (Fsp3) is 0.364. The molecule has 0 saturated heterocycles. The molecule has 88 valence electrons. The fourth-order valence-corrected chi connectivity index (χ4v) is 1.13. The number of hydrogen-bond acceptors (Lipinski definition) is 3. The lowest BCUT2D eigenvalue weighted by Gasteiger charge is -2.16. The Kier molecular flexibility index (Phi) is 4.60. The zero-order valence-electron chi connectivity index (χ0n) is 9.69. The molecular formula is C11H16N2O3. The van der Waals surface area contributed by atoms with Crippen molar-refractivity contribution in [1.82, 2.24) is 5.06 Å². The Morgan fingerprint density at radius 2 is 2.12 bits per heavy atom. The average Bonchev–Trinajstić information content (AvgIpc) is 2.31. The number of amides is 2. The molecule has 0 fully saturated rings. The number of carbonyl (C=O) groups excluding carboxylic acids is 1. The van der Waals surface area contributed by atoms with Gasteiger partial charge >= 0.3 is 6.03 Å². The highest BCUT2D eigenvalue weighted by Crippen LogP contribution is 2.23. The Morgan fingerprint density at radius 3 is 2.75 bits per heavy atom. The molecule has 0 aliphatic heterocycles. The molecule has 16 heavy (non-hydrogen) atoms. The van der Waals surface area contributed by atoms with Crippen LogP contribution in [0, 0.1) is 0 Å². The van der Waals surface area contributed by atoms with Crippen molar-refractivity contribution in [3.63, 3.8) is 0 Å². The summed E-state index contributed by atoms with van der Waals surface area (Å²) in [4.78, 5) is 16.3. The van der Waals surface area contributed by atoms with E-state index in [1.54, 1.807) is 12.1 Å². The van der Waals surface area contributed by atoms with E-state index in [1.165, 1.54) is 14.2 Å². The predicted molar refractivity (Wildman–Crippen MR) is 61.4 cm³/mol. The summed E-state index contributed by atoms with van der Waals surface area (Å²) in [6.45, 7) is 2.44. The number of urea groups is 1. The smallest absolute Gasteiger partial charge is 0.345 e. The van der Waals surface area contributed by atoms with Crippen molar-refractivity contribution >= 4 is 11.7 Å². The number of nitrogens with one attached hydrogen (secondary N) is 1. The van der Waals surface area contributed by atoms with Crippen LogP contribution in [0.1, 0.15) is 6.92 Å². The fourth-order valence-electron chi connectivity index (χ4n) is 1.13. The van der Waals surface area contributed by atoms with E-state index in [0.29, 0.717) is 18.0 Å². The van der Waals surface area contributed by atoms with E-state index < -0.39 is 0 Å². The van der Waals surface area contributed by atoms with Crippen molar-refractivity contribution in [3.8, 4) is 5.75 Å². The number of nitrogens with zero attached hydrogens (tertiary/aromatic N) is 1. The number of rotatable bonds is 4. The van der Waals surface area contributed by atoms with Crippen molar-refractivity contribution in [3.05, 3.63) is 24.3 Å². The molecule has 0 aliphatic carbocycles. The number of ether oxygens (including phenoxy) is 1. The van der Waals surface area contributed by atoms with Crippen molar-refractivity contribution in [2.45, 2.75) is 6.92 Å². The van der Waals surface area contributed by atoms with Crippen LogP contribution < -0.4 is 10.1 Å². The number of carbonyl (C=O) groups is 1. The van der Waals surface area contributed by atoms with Gasteiger partial charge < -0.3 is 10.1 Å². The van der Waals surface area contributed by atoms with E-state index in [0.717, 1.165) is 5.06 Å². The zero-order valence-corrected chi connectivity index (χ0v) is 9.69. The minimum absolute atomic E-state index is 0.352. The quantitative estimate of drug-likeness (QED) is 0.797. The van der Waals surface area contributed by atoms with Crippen molar-refractivity contribution in [2.24, 2.45) is 0 Å². The van der Waals surface area contributed by atoms with Crippen LogP contribution in [0.3, 0.4) is 0 Å². The van der Waals surface area contributed by atoms with Crippen molar-refractivity contribution in [2.75, 3.05) is 26.1 Å². The largest absolute Gasteiger partial charge is 0.492 e. The van der Waals surface area contributed by atoms with Crippen LogP contribution in [-0.4, -0.2) is 31.9 Å². The Bertz CT molecular complexity index is 355. The van der Waals surface area contributed by atoms with Crippen LogP contribution in [-0.2, 0) is 4.84 Å². The van der Waals surface area contributed by atoms with Gasteiger partial charge in [0.1, 0.15) is 5.75 Å². The van der Waals surface area contributed by atoms with Gasteiger partial charge in [0.2, 0.25) is 0 Å². The van der Waals surface area contributed by atoms with Gasteiger partial charge in [0.25, 0.3) is 0 Å². The minimum Gasteiger partial charge on any atom is -0.492 e. The minimum atomic E-state index is -0.352. The molecule has 5 heteroatoms. The second-order valence-corrected chi connectivity index (χ2v) is 3.04. The molecule has 0 bridgehead atoms. The number of hydrogen-bond donors (Lipinski definition) is 1. The van der Waals surface area contributed by atoms with Gasteiger partial charge in [-0.3, -0.25) is 4.84 Å². The van der Waals surface area contributed by atoms with Crippen LogP contribution in [0.25, 0.3) is 0 Å². The number of anilines is 1. The van der Waals surface area contributed by atoms with Gasteiger partial charge in [0, 0.05) is 7.05 Å². The number of para-hydroxylation sites is 2. The lowest BCUT2D eigenvalue weighted by molar-refractivity contribution is -0.0598. The molecule has 0 heterocycles. The molecule has 0 atom stereocenters. The molecule has 0 unspecified atom stereocenters. The van der Waals surface area contributed by atoms with E-state index in [4.69, 9.17) is 9.57 Å². The van der Waals surface area contributed by atoms with Gasteiger partial charge in [-0.05, 0) is 19.1 Å². The van der Waals surface area contributed by atoms with E-state index in [1.807, 2.05) is 19.1 Å². The van der Waals surface area contributed by atoms with Crippen LogP contribution >= 0.6 is 0 Å². The second-order valence-electron chi connectivity index (χ2n) is 3.04. The molecule has 1 rings (SSSR count). The maximum Gasteiger partial charge on any atom is 0.345 e. The SMILES string of the molecule is CCOc1ccccc1NC(=O)N(C)OC. The first-order valence-corrected chi connectivity index (χ1v) is 4.99. The van der Waals surface area contributed by atoms with E-state index in [2.05, 4.69) is 5.32 Å². The molecule has 1 N–H and O–H groups in total. The van der Waals surface area contributed by atoms with Gasteiger partial charge in [0.15, 0.2) is 0 Å². The summed E-state index contributed by atoms with van der Waals surface area (Å²) < 4.78 is 5.38. The molecule has 1 aromatic rings. The lowest BCUT2D eigenvalue weighted by atomic mass is 10.3. The van der Waals surface area contributed by atoms with Crippen molar-refractivity contribution < 1.29 is 14.4 Å². The predicted octanol–water partition coefficient (Wildman–Crippen LogP) is 2.11. The third kappa shape index (κ3) is 3.13. The highest BCUT2D eigenvalue weighted by molar-refractivity contribution is 5.90. The molecule has 2 amide bonds. The normalized spacial score (nSPS) is 9.69. The van der Waals surface area contributed by atoms with E-state index >= 15 is 0 Å². The van der Waals surface area contributed by atoms with Gasteiger partial charge in [-0.25, -0.2) is 9.86 Å². The summed E-state index contributed by atoms with van der Waals surface area (Å²) in [6, 6.07) is 6.89. The summed E-state index contributed by atoms with van der Waals surface area (Å²) in [5, 5.41) is 3.78. The first-order valence-electron chi connectivity index (χ1n) is 4.99. The Morgan fingerprint density at radius 1 is 1.44 bits per heavy atom. The third-order valence-electron chi connectivity index (χ3n) is 1.99. The highest BCUT2D eigenvalue weighted by Gasteiger charge is 2.10. The van der Waals surface area contributed by atoms with Gasteiger partial charge in [-0.2, -0.15) is 0 Å². The topological polar surface area (TPSA) is 50.8 Å². The monoisotopic (exact) mass is 224 g/mol. The second kappa shape index (κ2) is 5.97. The Labute approximate surface area is 94.9 Å². The van der Waals surface area contributed by atoms with Crippen LogP contribution in [0.5, 0.6) is 5.75 Å². The van der Waals surface area contributed by atoms with Crippen LogP contribution in [0.4, 0.5) is 10.5 Å². The maximum atomic E-state index is 11.5. The van der Waals surface area contributed by atoms with Gasteiger partial charge in [-0.1, -0.05) is 12.1 Å². The van der Waals surface area contributed by atoms with Crippen LogP contribution in [0.15, 0.2) is 24.3 Å². The summed E-state index contributed by atoms with van der Waals surface area (Å²) in [6.07, 6.45) is 0. The van der Waals surface area contributed by atoms with Crippen molar-refractivity contribution in [1.29, 1.82) is 0 Å². The summed E-state index contributed by atoms with van der Waals surface area (Å²) in [5.74, 6) is 0.642. The molecule has 1 aromatic carbocycles.